The fourth-order valence-corrected chi connectivity index (χ4v) is 4.96. The van der Waals surface area contributed by atoms with Gasteiger partial charge in [0.25, 0.3) is 0 Å². The van der Waals surface area contributed by atoms with Gasteiger partial charge in [0.05, 0.1) is 26.4 Å². The molecule has 0 saturated carbocycles. The van der Waals surface area contributed by atoms with Crippen LogP contribution in [0.3, 0.4) is 0 Å². The molecular weight excluding hydrogens is 430 g/mol. The zero-order chi connectivity index (χ0) is 22.1. The van der Waals surface area contributed by atoms with Crippen LogP contribution in [0.15, 0.2) is 121 Å². The zero-order valence-corrected chi connectivity index (χ0v) is 20.2. The quantitative estimate of drug-likeness (QED) is 0.413. The normalized spacial score (nSPS) is 12.5. The number of benzene rings is 4. The van der Waals surface area contributed by atoms with Crippen LogP contribution in [0.5, 0.6) is 0 Å². The first-order valence-electron chi connectivity index (χ1n) is 10.8. The van der Waals surface area contributed by atoms with Crippen molar-refractivity contribution >= 4 is 38.4 Å². The summed E-state index contributed by atoms with van der Waals surface area (Å²) >= 11 is 0. The predicted molar refractivity (Wildman–Crippen MR) is 143 cm³/mol. The summed E-state index contributed by atoms with van der Waals surface area (Å²) in [6.07, 6.45) is 0. The monoisotopic (exact) mass is 460 g/mol. The highest BCUT2D eigenvalue weighted by Gasteiger charge is 1.95. The summed E-state index contributed by atoms with van der Waals surface area (Å²) in [5.41, 5.74) is 0. The fraction of sp³-hybridized carbons (Fsp3) is 0.143. The van der Waals surface area contributed by atoms with Crippen LogP contribution in [0, 0.1) is 0 Å². The molecule has 0 aliphatic carbocycles. The Morgan fingerprint density at radius 3 is 0.750 bits per heavy atom. The first kappa shape index (κ1) is 24.3. The smallest absolute Gasteiger partial charge is 0.0701 e. The molecule has 1 saturated heterocycles. The Morgan fingerprint density at radius 1 is 0.344 bits per heavy atom. The zero-order valence-electron chi connectivity index (χ0n) is 18.2. The third-order valence-corrected chi connectivity index (χ3v) is 6.90. The summed E-state index contributed by atoms with van der Waals surface area (Å²) in [5, 5.41) is 5.59. The van der Waals surface area contributed by atoms with Crippen LogP contribution < -0.4 is 21.2 Å². The first-order valence-corrected chi connectivity index (χ1v) is 12.8. The largest absolute Gasteiger partial charge is 0.377 e. The van der Waals surface area contributed by atoms with Gasteiger partial charge in [0, 0.05) is 0 Å². The lowest BCUT2D eigenvalue weighted by Gasteiger charge is -2.09. The number of rotatable bonds is 4. The molecule has 0 aromatic heterocycles. The van der Waals surface area contributed by atoms with Crippen LogP contribution >= 0.6 is 17.2 Å². The van der Waals surface area contributed by atoms with Crippen LogP contribution in [-0.2, 0) is 9.47 Å². The van der Waals surface area contributed by atoms with Crippen LogP contribution in [0.4, 0.5) is 0 Å². The molecule has 0 N–H and O–H groups in total. The van der Waals surface area contributed by atoms with E-state index in [-0.39, 0.29) is 0 Å². The van der Waals surface area contributed by atoms with Gasteiger partial charge in [-0.25, -0.2) is 0 Å². The highest BCUT2D eigenvalue weighted by molar-refractivity contribution is 7.55. The van der Waals surface area contributed by atoms with Gasteiger partial charge in [0.15, 0.2) is 0 Å². The maximum absolute atomic E-state index is 4.94. The number of ether oxygens (including phenoxy) is 2. The highest BCUT2D eigenvalue weighted by Crippen LogP contribution is 2.09. The molecule has 0 spiro atoms. The van der Waals surface area contributed by atoms with Crippen molar-refractivity contribution in [2.45, 2.75) is 0 Å². The Hall–Kier alpha value is -2.34. The summed E-state index contributed by atoms with van der Waals surface area (Å²) in [5.74, 6) is 0. The van der Waals surface area contributed by atoms with Crippen molar-refractivity contribution in [3.63, 3.8) is 0 Å². The molecule has 4 aromatic carbocycles. The Labute approximate surface area is 195 Å². The second-order valence-corrected chi connectivity index (χ2v) is 9.75. The second kappa shape index (κ2) is 15.5. The Bertz CT molecular complexity index is 798. The van der Waals surface area contributed by atoms with E-state index in [0.29, 0.717) is 0 Å². The SMILES string of the molecule is C1COCCO1.c1ccc(Pc2ccccc2)cc1.c1ccc(Pc2ccccc2)cc1. The minimum atomic E-state index is 0.777. The van der Waals surface area contributed by atoms with E-state index in [1.165, 1.54) is 21.2 Å². The lowest BCUT2D eigenvalue weighted by atomic mass is 10.4. The molecule has 4 aromatic rings. The van der Waals surface area contributed by atoms with Gasteiger partial charge in [-0.05, 0) is 21.2 Å². The van der Waals surface area contributed by atoms with Gasteiger partial charge in [-0.15, -0.1) is 0 Å². The van der Waals surface area contributed by atoms with Crippen LogP contribution in [0.25, 0.3) is 0 Å². The van der Waals surface area contributed by atoms with E-state index in [4.69, 9.17) is 9.47 Å². The molecular formula is C28H30O2P2. The molecule has 32 heavy (non-hydrogen) atoms. The maximum atomic E-state index is 4.94. The molecule has 0 radical (unpaired) electrons. The minimum Gasteiger partial charge on any atom is -0.377 e. The van der Waals surface area contributed by atoms with Crippen molar-refractivity contribution in [2.75, 3.05) is 26.4 Å². The van der Waals surface area contributed by atoms with E-state index in [9.17, 15) is 0 Å². The third-order valence-electron chi connectivity index (χ3n) is 4.42. The first-order chi connectivity index (χ1) is 15.9. The Balaban J connectivity index is 0.000000145. The topological polar surface area (TPSA) is 18.5 Å². The van der Waals surface area contributed by atoms with E-state index in [2.05, 4.69) is 121 Å². The molecule has 4 heteroatoms. The number of hydrogen-bond acceptors (Lipinski definition) is 2. The molecule has 1 heterocycles. The van der Waals surface area contributed by atoms with Gasteiger partial charge < -0.3 is 9.47 Å². The van der Waals surface area contributed by atoms with Gasteiger partial charge in [-0.3, -0.25) is 0 Å². The van der Waals surface area contributed by atoms with Crippen LogP contribution in [-0.4, -0.2) is 26.4 Å². The van der Waals surface area contributed by atoms with Gasteiger partial charge in [0.1, 0.15) is 0 Å². The lowest BCUT2D eigenvalue weighted by molar-refractivity contribution is -0.0334. The molecule has 164 valence electrons. The standard InChI is InChI=1S/2C12H11P.C4H8O2/c2*1-3-7-11(8-4-1)13-12-9-5-2-6-10-12;1-2-6-4-3-5-1/h2*1-10,13H;1-4H2. The van der Waals surface area contributed by atoms with Gasteiger partial charge >= 0.3 is 0 Å². The summed E-state index contributed by atoms with van der Waals surface area (Å²) in [6, 6.07) is 42.3. The molecule has 1 fully saturated rings. The van der Waals surface area contributed by atoms with E-state index in [1.807, 2.05) is 0 Å². The van der Waals surface area contributed by atoms with Crippen molar-refractivity contribution < 1.29 is 9.47 Å². The Kier molecular flexibility index (Phi) is 11.7. The molecule has 1 aliphatic rings. The third kappa shape index (κ3) is 10.3. The average Bonchev–Trinajstić information content (AvgIpc) is 2.88. The van der Waals surface area contributed by atoms with Crippen molar-refractivity contribution in [2.24, 2.45) is 0 Å². The highest BCUT2D eigenvalue weighted by atomic mass is 31.1. The summed E-state index contributed by atoms with van der Waals surface area (Å²) < 4.78 is 9.89. The van der Waals surface area contributed by atoms with E-state index < -0.39 is 0 Å². The molecule has 0 amide bonds. The number of hydrogen-bond donors (Lipinski definition) is 0. The van der Waals surface area contributed by atoms with Gasteiger partial charge in [-0.2, -0.15) is 0 Å². The summed E-state index contributed by atoms with van der Waals surface area (Å²) in [7, 11) is 1.55. The minimum absolute atomic E-state index is 0.777. The van der Waals surface area contributed by atoms with E-state index in [0.717, 1.165) is 43.6 Å². The van der Waals surface area contributed by atoms with Gasteiger partial charge in [0.2, 0.25) is 0 Å². The van der Waals surface area contributed by atoms with Crippen molar-refractivity contribution in [1.82, 2.24) is 0 Å². The molecule has 0 atom stereocenters. The summed E-state index contributed by atoms with van der Waals surface area (Å²) in [4.78, 5) is 0. The average molecular weight is 460 g/mol. The van der Waals surface area contributed by atoms with Crippen molar-refractivity contribution in [3.8, 4) is 0 Å². The molecule has 5 rings (SSSR count). The van der Waals surface area contributed by atoms with E-state index in [1.54, 1.807) is 0 Å². The molecule has 1 aliphatic heterocycles. The summed E-state index contributed by atoms with van der Waals surface area (Å²) in [6.45, 7) is 3.11. The fourth-order valence-electron chi connectivity index (χ4n) is 2.86. The van der Waals surface area contributed by atoms with Crippen LogP contribution in [0.1, 0.15) is 0 Å². The molecule has 0 bridgehead atoms. The Morgan fingerprint density at radius 2 is 0.562 bits per heavy atom. The second-order valence-electron chi connectivity index (χ2n) is 6.94. The lowest BCUT2D eigenvalue weighted by Crippen LogP contribution is -2.16. The maximum Gasteiger partial charge on any atom is 0.0701 e. The van der Waals surface area contributed by atoms with Crippen molar-refractivity contribution in [3.05, 3.63) is 121 Å². The van der Waals surface area contributed by atoms with Gasteiger partial charge in [-0.1, -0.05) is 138 Å². The molecule has 0 unspecified atom stereocenters. The predicted octanol–water partition coefficient (Wildman–Crippen LogP) is 4.67. The van der Waals surface area contributed by atoms with E-state index >= 15 is 0 Å². The molecule has 2 nitrogen and oxygen atoms in total. The van der Waals surface area contributed by atoms with Crippen molar-refractivity contribution in [1.29, 1.82) is 0 Å². The van der Waals surface area contributed by atoms with Crippen LogP contribution in [0.2, 0.25) is 0 Å².